The van der Waals surface area contributed by atoms with Gasteiger partial charge < -0.3 is 14.2 Å². The Hall–Kier alpha value is -3.00. The summed E-state index contributed by atoms with van der Waals surface area (Å²) in [5.41, 5.74) is 0.982. The summed E-state index contributed by atoms with van der Waals surface area (Å²) in [4.78, 5) is 31.0. The highest BCUT2D eigenvalue weighted by Crippen LogP contribution is 2.37. The molecule has 1 aromatic carbocycles. The predicted molar refractivity (Wildman–Crippen MR) is 107 cm³/mol. The number of benzene rings is 1. The van der Waals surface area contributed by atoms with Crippen LogP contribution in [0.2, 0.25) is 0 Å². The second kappa shape index (κ2) is 8.16. The molecule has 0 aliphatic carbocycles. The Kier molecular flexibility index (Phi) is 5.44. The molecule has 1 fully saturated rings. The summed E-state index contributed by atoms with van der Waals surface area (Å²) in [6.07, 6.45) is 1.03. The summed E-state index contributed by atoms with van der Waals surface area (Å²) >= 11 is 1.54. The normalized spacial score (nSPS) is 15.8. The molecule has 0 saturated carbocycles. The Morgan fingerprint density at radius 2 is 1.97 bits per heavy atom. The van der Waals surface area contributed by atoms with E-state index in [1.54, 1.807) is 23.2 Å². The molecule has 7 nitrogen and oxygen atoms in total. The molecule has 3 heterocycles. The molecule has 0 atom stereocenters. The van der Waals surface area contributed by atoms with E-state index >= 15 is 0 Å². The van der Waals surface area contributed by atoms with Gasteiger partial charge in [-0.25, -0.2) is 0 Å². The van der Waals surface area contributed by atoms with Crippen molar-refractivity contribution in [2.45, 2.75) is 31.8 Å². The van der Waals surface area contributed by atoms with Gasteiger partial charge in [-0.2, -0.15) is 16.3 Å². The zero-order valence-corrected chi connectivity index (χ0v) is 16.9. The van der Waals surface area contributed by atoms with Gasteiger partial charge in [0.15, 0.2) is 6.61 Å². The highest BCUT2D eigenvalue weighted by atomic mass is 32.1. The van der Waals surface area contributed by atoms with Crippen LogP contribution >= 0.6 is 11.3 Å². The average molecular weight is 411 g/mol. The van der Waals surface area contributed by atoms with Crippen LogP contribution in [-0.2, 0) is 26.3 Å². The topological polar surface area (TPSA) is 85.5 Å². The fourth-order valence-corrected chi connectivity index (χ4v) is 4.29. The Morgan fingerprint density at radius 1 is 1.21 bits per heavy atom. The van der Waals surface area contributed by atoms with Crippen molar-refractivity contribution in [2.75, 3.05) is 13.1 Å². The number of ether oxygens (including phenoxy) is 1. The molecule has 0 radical (unpaired) electrons. The summed E-state index contributed by atoms with van der Waals surface area (Å²) in [5.74, 6) is 0.419. The Morgan fingerprint density at radius 3 is 2.62 bits per heavy atom. The van der Waals surface area contributed by atoms with Gasteiger partial charge >= 0.3 is 5.97 Å². The maximum Gasteiger partial charge on any atom is 0.317 e. The van der Waals surface area contributed by atoms with Crippen molar-refractivity contribution >= 4 is 23.2 Å². The SMILES string of the molecule is CC(=O)N1CCC(C(=O)OCc2nc(-c3ccsc3)no2)(c2ccccc2)CC1. The number of carbonyl (C=O) groups is 2. The van der Waals surface area contributed by atoms with Crippen molar-refractivity contribution in [3.05, 3.63) is 58.6 Å². The van der Waals surface area contributed by atoms with Crippen molar-refractivity contribution < 1.29 is 18.8 Å². The van der Waals surface area contributed by atoms with E-state index in [2.05, 4.69) is 10.1 Å². The fourth-order valence-electron chi connectivity index (χ4n) is 3.66. The number of likely N-dealkylation sites (tertiary alicyclic amines) is 1. The second-order valence-corrected chi connectivity index (χ2v) is 7.83. The number of hydrogen-bond acceptors (Lipinski definition) is 7. The monoisotopic (exact) mass is 411 g/mol. The molecule has 8 heteroatoms. The molecular formula is C21H21N3O4S. The van der Waals surface area contributed by atoms with Crippen molar-refractivity contribution in [2.24, 2.45) is 0 Å². The smallest absolute Gasteiger partial charge is 0.317 e. The molecule has 150 valence electrons. The van der Waals surface area contributed by atoms with Gasteiger partial charge in [-0.1, -0.05) is 35.5 Å². The van der Waals surface area contributed by atoms with Crippen molar-refractivity contribution in [3.63, 3.8) is 0 Å². The Bertz CT molecular complexity index is 977. The molecular weight excluding hydrogens is 390 g/mol. The highest BCUT2D eigenvalue weighted by Gasteiger charge is 2.44. The van der Waals surface area contributed by atoms with Gasteiger partial charge in [0.05, 0.1) is 5.41 Å². The zero-order valence-electron chi connectivity index (χ0n) is 16.0. The maximum atomic E-state index is 13.2. The number of rotatable bonds is 5. The van der Waals surface area contributed by atoms with Gasteiger partial charge in [-0.3, -0.25) is 9.59 Å². The molecule has 3 aromatic rings. The van der Waals surface area contributed by atoms with Crippen molar-refractivity contribution in [3.8, 4) is 11.4 Å². The number of esters is 1. The van der Waals surface area contributed by atoms with Crippen molar-refractivity contribution in [1.29, 1.82) is 0 Å². The van der Waals surface area contributed by atoms with Gasteiger partial charge in [-0.05, 0) is 29.9 Å². The van der Waals surface area contributed by atoms with Crippen LogP contribution in [-0.4, -0.2) is 40.0 Å². The Labute approximate surface area is 172 Å². The lowest BCUT2D eigenvalue weighted by Crippen LogP contribution is -2.49. The summed E-state index contributed by atoms with van der Waals surface area (Å²) in [7, 11) is 0. The minimum absolute atomic E-state index is 0.0202. The molecule has 1 amide bonds. The number of amides is 1. The quantitative estimate of drug-likeness (QED) is 0.598. The number of hydrogen-bond donors (Lipinski definition) is 0. The lowest BCUT2D eigenvalue weighted by atomic mass is 9.72. The van der Waals surface area contributed by atoms with Gasteiger partial charge in [0, 0.05) is 31.0 Å². The zero-order chi connectivity index (χ0) is 20.3. The molecule has 29 heavy (non-hydrogen) atoms. The molecule has 1 saturated heterocycles. The van der Waals surface area contributed by atoms with Crippen LogP contribution in [0.25, 0.3) is 11.4 Å². The summed E-state index contributed by atoms with van der Waals surface area (Å²) in [6.45, 7) is 2.50. The van der Waals surface area contributed by atoms with Crippen LogP contribution in [0.15, 0.2) is 51.7 Å². The molecule has 1 aliphatic rings. The fraction of sp³-hybridized carbons (Fsp3) is 0.333. The van der Waals surface area contributed by atoms with Gasteiger partial charge in [0.2, 0.25) is 11.7 Å². The lowest BCUT2D eigenvalue weighted by molar-refractivity contribution is -0.156. The first-order chi connectivity index (χ1) is 14.1. The summed E-state index contributed by atoms with van der Waals surface area (Å²) < 4.78 is 10.8. The molecule has 0 unspecified atom stereocenters. The largest absolute Gasteiger partial charge is 0.455 e. The van der Waals surface area contributed by atoms with Crippen LogP contribution in [0.3, 0.4) is 0 Å². The van der Waals surface area contributed by atoms with E-state index in [0.717, 1.165) is 11.1 Å². The molecule has 0 spiro atoms. The first-order valence-corrected chi connectivity index (χ1v) is 10.4. The van der Waals surface area contributed by atoms with E-state index in [4.69, 9.17) is 9.26 Å². The second-order valence-electron chi connectivity index (χ2n) is 7.05. The average Bonchev–Trinajstić information content (AvgIpc) is 3.44. The standard InChI is InChI=1S/C21H21N3O4S/c1-15(25)24-10-8-21(9-11-24,17-5-3-2-4-6-17)20(26)27-13-18-22-19(23-28-18)16-7-12-29-14-16/h2-7,12,14H,8-11,13H2,1H3. The third-order valence-corrected chi connectivity index (χ3v) is 6.04. The van der Waals surface area contributed by atoms with Crippen LogP contribution in [0, 0.1) is 0 Å². The summed E-state index contributed by atoms with van der Waals surface area (Å²) in [5, 5.41) is 7.80. The van der Waals surface area contributed by atoms with E-state index in [1.165, 1.54) is 0 Å². The lowest BCUT2D eigenvalue weighted by Gasteiger charge is -2.39. The number of carbonyl (C=O) groups excluding carboxylic acids is 2. The van der Waals surface area contributed by atoms with E-state index in [1.807, 2.05) is 47.2 Å². The molecule has 0 N–H and O–H groups in total. The van der Waals surface area contributed by atoms with Gasteiger partial charge in [-0.15, -0.1) is 0 Å². The van der Waals surface area contributed by atoms with E-state index in [9.17, 15) is 9.59 Å². The number of nitrogens with zero attached hydrogens (tertiary/aromatic N) is 3. The van der Waals surface area contributed by atoms with Crippen LogP contribution in [0.4, 0.5) is 0 Å². The molecule has 2 aromatic heterocycles. The van der Waals surface area contributed by atoms with Gasteiger partial charge in [0.25, 0.3) is 5.89 Å². The van der Waals surface area contributed by atoms with E-state index in [0.29, 0.717) is 31.8 Å². The van der Waals surface area contributed by atoms with Crippen LogP contribution in [0.5, 0.6) is 0 Å². The number of aromatic nitrogens is 2. The first kappa shape index (κ1) is 19.3. The molecule has 0 bridgehead atoms. The first-order valence-electron chi connectivity index (χ1n) is 9.42. The summed E-state index contributed by atoms with van der Waals surface area (Å²) in [6, 6.07) is 11.5. The third-order valence-electron chi connectivity index (χ3n) is 5.35. The van der Waals surface area contributed by atoms with Gasteiger partial charge in [0.1, 0.15) is 0 Å². The molecule has 1 aliphatic heterocycles. The van der Waals surface area contributed by atoms with Crippen LogP contribution < -0.4 is 0 Å². The predicted octanol–water partition coefficient (Wildman–Crippen LogP) is 3.42. The maximum absolute atomic E-state index is 13.2. The number of piperidine rings is 1. The third kappa shape index (κ3) is 3.93. The highest BCUT2D eigenvalue weighted by molar-refractivity contribution is 7.08. The minimum atomic E-state index is -0.788. The van der Waals surface area contributed by atoms with E-state index in [-0.39, 0.29) is 24.4 Å². The van der Waals surface area contributed by atoms with E-state index < -0.39 is 5.41 Å². The minimum Gasteiger partial charge on any atom is -0.455 e. The van der Waals surface area contributed by atoms with Crippen LogP contribution in [0.1, 0.15) is 31.2 Å². The molecule has 4 rings (SSSR count). The van der Waals surface area contributed by atoms with Crippen molar-refractivity contribution in [1.82, 2.24) is 15.0 Å². The number of thiophene rings is 1. The Balaban J connectivity index is 1.50.